The Morgan fingerprint density at radius 2 is 0.785 bits per heavy atom. The van der Waals surface area contributed by atoms with Crippen LogP contribution in [-0.2, 0) is 38.4 Å². The molecule has 368 valence electrons. The van der Waals surface area contributed by atoms with Crippen LogP contribution in [0.2, 0.25) is 0 Å². The van der Waals surface area contributed by atoms with Gasteiger partial charge in [-0.05, 0) is 161 Å². The third-order valence-electron chi connectivity index (χ3n) is 13.1. The van der Waals surface area contributed by atoms with Gasteiger partial charge in [0.05, 0.1) is 6.04 Å². The average Bonchev–Trinajstić information content (AvgIpc) is 4.15. The van der Waals surface area contributed by atoms with Gasteiger partial charge in [-0.1, -0.05) is 0 Å². The summed E-state index contributed by atoms with van der Waals surface area (Å²) in [7, 11) is 0. The summed E-state index contributed by atoms with van der Waals surface area (Å²) in [5, 5.41) is 24.3. The van der Waals surface area contributed by atoms with Gasteiger partial charge in [-0.25, -0.2) is 4.79 Å². The maximum Gasteiger partial charge on any atom is 0.326 e. The van der Waals surface area contributed by atoms with E-state index in [0.29, 0.717) is 135 Å². The normalized spacial score (nSPS) is 22.6. The maximum absolute atomic E-state index is 14.5. The first kappa shape index (κ1) is 53.2. The summed E-state index contributed by atoms with van der Waals surface area (Å²) >= 11 is 0. The van der Waals surface area contributed by atoms with E-state index in [4.69, 9.17) is 22.9 Å². The average molecular weight is 919 g/mol. The molecule has 65 heavy (non-hydrogen) atoms. The zero-order chi connectivity index (χ0) is 47.3. The third kappa shape index (κ3) is 15.6. The van der Waals surface area contributed by atoms with Gasteiger partial charge < -0.3 is 69.3 Å². The molecule has 0 bridgehead atoms. The van der Waals surface area contributed by atoms with Crippen molar-refractivity contribution < 1.29 is 43.5 Å². The Morgan fingerprint density at radius 1 is 0.462 bits per heavy atom. The van der Waals surface area contributed by atoms with Crippen LogP contribution in [0.5, 0.6) is 0 Å². The van der Waals surface area contributed by atoms with Crippen molar-refractivity contribution in [2.24, 2.45) is 22.9 Å². The molecule has 4 aliphatic rings. The molecule has 21 nitrogen and oxygen atoms in total. The van der Waals surface area contributed by atoms with Crippen molar-refractivity contribution in [3.8, 4) is 0 Å². The highest BCUT2D eigenvalue weighted by molar-refractivity contribution is 5.98. The van der Waals surface area contributed by atoms with Crippen molar-refractivity contribution in [2.75, 3.05) is 52.4 Å². The van der Waals surface area contributed by atoms with Crippen LogP contribution < -0.4 is 49.5 Å². The second-order valence-electron chi connectivity index (χ2n) is 17.9. The fourth-order valence-electron chi connectivity index (χ4n) is 9.49. The first-order valence-electron chi connectivity index (χ1n) is 24.3. The number of nitrogens with one attached hydrogen (secondary N) is 5. The topological polar surface area (TPSA) is 331 Å². The Morgan fingerprint density at radius 3 is 1.09 bits per heavy atom. The molecule has 0 spiro atoms. The molecule has 7 amide bonds. The standard InChI is InChI=1S/C44H78N12O9/c45-21-5-1-13-30(50-37(57)29-17-9-25-49-29)41(61)54-26-10-18-34(54)38(58)51-31(14-2-6-22-46)42(62)55-27-11-19-35(55)39(59)52-32(15-3-7-23-47)43(63)56-28-12-20-36(56)40(60)53-33(44(64)65)16-4-8-24-48/h29-36,49H,1-28,45-48H2,(H,50,57)(H,51,58)(H,52,59)(H,53,60)(H,64,65)/t29-,30-,31-,32-,33-,34-,35-,36-/m0/s1. The van der Waals surface area contributed by atoms with Crippen LogP contribution in [0.25, 0.3) is 0 Å². The highest BCUT2D eigenvalue weighted by Gasteiger charge is 2.44. The number of aliphatic carboxylic acids is 1. The van der Waals surface area contributed by atoms with Crippen LogP contribution in [0.3, 0.4) is 0 Å². The smallest absolute Gasteiger partial charge is 0.326 e. The predicted molar refractivity (Wildman–Crippen MR) is 242 cm³/mol. The Labute approximate surface area is 383 Å². The second-order valence-corrected chi connectivity index (χ2v) is 17.9. The van der Waals surface area contributed by atoms with Gasteiger partial charge in [0.2, 0.25) is 41.4 Å². The zero-order valence-electron chi connectivity index (χ0n) is 38.3. The summed E-state index contributed by atoms with van der Waals surface area (Å²) < 4.78 is 0. The molecule has 4 fully saturated rings. The number of carboxylic acids is 1. The first-order chi connectivity index (χ1) is 31.4. The van der Waals surface area contributed by atoms with Crippen LogP contribution in [0.15, 0.2) is 0 Å². The van der Waals surface area contributed by atoms with Crippen LogP contribution in [0.4, 0.5) is 0 Å². The number of nitrogens with zero attached hydrogens (tertiary/aromatic N) is 3. The number of likely N-dealkylation sites (tertiary alicyclic amines) is 3. The minimum absolute atomic E-state index is 0.194. The summed E-state index contributed by atoms with van der Waals surface area (Å²) in [5.41, 5.74) is 22.9. The molecule has 21 heteroatoms. The van der Waals surface area contributed by atoms with Gasteiger partial charge in [-0.2, -0.15) is 0 Å². The van der Waals surface area contributed by atoms with E-state index in [9.17, 15) is 43.5 Å². The van der Waals surface area contributed by atoms with E-state index >= 15 is 0 Å². The maximum atomic E-state index is 14.5. The van der Waals surface area contributed by atoms with Crippen molar-refractivity contribution in [3.05, 3.63) is 0 Å². The second kappa shape index (κ2) is 27.9. The number of carbonyl (C=O) groups is 8. The number of carbonyl (C=O) groups excluding carboxylic acids is 7. The number of rotatable bonds is 28. The number of amides is 7. The van der Waals surface area contributed by atoms with Crippen molar-refractivity contribution in [2.45, 2.75) is 177 Å². The number of hydrogen-bond donors (Lipinski definition) is 10. The van der Waals surface area contributed by atoms with Gasteiger partial charge in [0.1, 0.15) is 42.3 Å². The predicted octanol–water partition coefficient (Wildman–Crippen LogP) is -1.75. The molecule has 8 atom stereocenters. The fraction of sp³-hybridized carbons (Fsp3) is 0.818. The summed E-state index contributed by atoms with van der Waals surface area (Å²) in [6, 6.07) is -7.15. The Balaban J connectivity index is 1.47. The Kier molecular flexibility index (Phi) is 22.8. The SMILES string of the molecule is NCCCC[C@H](NC(=O)[C@@H]1CCCN1C(=O)[C@H](CCCCN)NC(=O)[C@@H]1CCCN1C(=O)[C@H](CCCCN)NC(=O)[C@@H]1CCCN1C(=O)[C@H](CCCCN)NC(=O)[C@@H]1CCCN1)C(=O)O. The molecule has 0 aromatic carbocycles. The Bertz CT molecular complexity index is 1600. The highest BCUT2D eigenvalue weighted by Crippen LogP contribution is 2.25. The number of carboxylic acid groups (broad SMARTS) is 1. The number of hydrogen-bond acceptors (Lipinski definition) is 13. The largest absolute Gasteiger partial charge is 0.480 e. The lowest BCUT2D eigenvalue weighted by Crippen LogP contribution is -2.59. The van der Waals surface area contributed by atoms with E-state index in [2.05, 4.69) is 26.6 Å². The van der Waals surface area contributed by atoms with Crippen molar-refractivity contribution in [1.82, 2.24) is 41.3 Å². The molecule has 0 aromatic heterocycles. The van der Waals surface area contributed by atoms with Gasteiger partial charge in [0.25, 0.3) is 0 Å². The molecule has 14 N–H and O–H groups in total. The van der Waals surface area contributed by atoms with Crippen LogP contribution >= 0.6 is 0 Å². The molecule has 0 radical (unpaired) electrons. The molecular formula is C44H78N12O9. The van der Waals surface area contributed by atoms with Crippen LogP contribution in [0.1, 0.15) is 128 Å². The van der Waals surface area contributed by atoms with Crippen LogP contribution in [0, 0.1) is 0 Å². The quantitative estimate of drug-likeness (QED) is 0.0390. The number of nitrogens with two attached hydrogens (primary N) is 4. The fourth-order valence-corrected chi connectivity index (χ4v) is 9.49. The van der Waals surface area contributed by atoms with E-state index in [1.807, 2.05) is 0 Å². The van der Waals surface area contributed by atoms with Gasteiger partial charge in [0, 0.05) is 19.6 Å². The van der Waals surface area contributed by atoms with E-state index in [1.54, 1.807) is 0 Å². The molecule has 0 unspecified atom stereocenters. The minimum Gasteiger partial charge on any atom is -0.480 e. The van der Waals surface area contributed by atoms with Gasteiger partial charge >= 0.3 is 5.97 Å². The summed E-state index contributed by atoms with van der Waals surface area (Å²) in [6.07, 6.45) is 9.74. The lowest BCUT2D eigenvalue weighted by molar-refractivity contribution is -0.146. The van der Waals surface area contributed by atoms with Gasteiger partial charge in [0.15, 0.2) is 0 Å². The molecular weight excluding hydrogens is 841 g/mol. The summed E-state index contributed by atoms with van der Waals surface area (Å²) in [5.74, 6) is -4.32. The first-order valence-corrected chi connectivity index (χ1v) is 24.3. The zero-order valence-corrected chi connectivity index (χ0v) is 38.3. The molecule has 4 heterocycles. The van der Waals surface area contributed by atoms with Crippen molar-refractivity contribution in [1.29, 1.82) is 0 Å². The molecule has 4 rings (SSSR count). The Hall–Kier alpha value is -4.44. The lowest BCUT2D eigenvalue weighted by Gasteiger charge is -2.33. The molecule has 4 saturated heterocycles. The van der Waals surface area contributed by atoms with Gasteiger partial charge in [-0.15, -0.1) is 0 Å². The lowest BCUT2D eigenvalue weighted by atomic mass is 10.0. The van der Waals surface area contributed by atoms with E-state index in [-0.39, 0.29) is 50.2 Å². The van der Waals surface area contributed by atoms with Crippen molar-refractivity contribution in [3.63, 3.8) is 0 Å². The molecule has 0 aromatic rings. The molecule has 0 saturated carbocycles. The summed E-state index contributed by atoms with van der Waals surface area (Å²) in [6.45, 7) is 3.09. The monoisotopic (exact) mass is 919 g/mol. The minimum atomic E-state index is -1.18. The van der Waals surface area contributed by atoms with E-state index in [0.717, 1.165) is 13.0 Å². The summed E-state index contributed by atoms with van der Waals surface area (Å²) in [4.78, 5) is 114. The number of unbranched alkanes of at least 4 members (excludes halogenated alkanes) is 4. The highest BCUT2D eigenvalue weighted by atomic mass is 16.4. The molecule has 4 aliphatic heterocycles. The third-order valence-corrected chi connectivity index (χ3v) is 13.1. The van der Waals surface area contributed by atoms with Crippen LogP contribution in [-0.4, -0.2) is 168 Å². The van der Waals surface area contributed by atoms with Crippen molar-refractivity contribution >= 4 is 47.3 Å². The van der Waals surface area contributed by atoms with E-state index < -0.39 is 77.8 Å². The van der Waals surface area contributed by atoms with E-state index in [1.165, 1.54) is 14.7 Å². The van der Waals surface area contributed by atoms with Gasteiger partial charge in [-0.3, -0.25) is 33.6 Å². The molecule has 0 aliphatic carbocycles.